The summed E-state index contributed by atoms with van der Waals surface area (Å²) in [6.07, 6.45) is 5.47. The van der Waals surface area contributed by atoms with E-state index in [0.29, 0.717) is 13.1 Å². The van der Waals surface area contributed by atoms with Gasteiger partial charge in [0.1, 0.15) is 0 Å². The van der Waals surface area contributed by atoms with E-state index in [4.69, 9.17) is 0 Å². The monoisotopic (exact) mass is 273 g/mol. The topological polar surface area (TPSA) is 60.8 Å². The number of piperidine rings is 1. The van der Waals surface area contributed by atoms with Crippen molar-refractivity contribution in [3.63, 3.8) is 0 Å². The third-order valence-electron chi connectivity index (χ3n) is 3.70. The molecule has 0 aliphatic carbocycles. The summed E-state index contributed by atoms with van der Waals surface area (Å²) in [5.74, 6) is 0.0697. The van der Waals surface area contributed by atoms with E-state index >= 15 is 0 Å². The van der Waals surface area contributed by atoms with Gasteiger partial charge in [-0.3, -0.25) is 9.78 Å². The number of aromatic nitrogens is 1. The number of nitrogens with zero attached hydrogens (tertiary/aromatic N) is 4. The molecule has 0 saturated carbocycles. The lowest BCUT2D eigenvalue weighted by Crippen LogP contribution is -2.46. The summed E-state index contributed by atoms with van der Waals surface area (Å²) in [7, 11) is 0. The number of hydrazone groups is 1. The van der Waals surface area contributed by atoms with E-state index < -0.39 is 0 Å². The highest BCUT2D eigenvalue weighted by Crippen LogP contribution is 2.18. The van der Waals surface area contributed by atoms with Crippen molar-refractivity contribution in [1.82, 2.24) is 15.3 Å². The molecule has 1 amide bonds. The molecular formula is C14H19N5O. The van der Waals surface area contributed by atoms with Gasteiger partial charge in [0.05, 0.1) is 13.1 Å². The van der Waals surface area contributed by atoms with Crippen molar-refractivity contribution in [3.8, 4) is 0 Å². The van der Waals surface area contributed by atoms with Crippen molar-refractivity contribution in [3.05, 3.63) is 24.5 Å². The quantitative estimate of drug-likeness (QED) is 0.851. The van der Waals surface area contributed by atoms with Crippen molar-refractivity contribution in [2.24, 2.45) is 5.10 Å². The van der Waals surface area contributed by atoms with Gasteiger partial charge in [-0.05, 0) is 12.1 Å². The fourth-order valence-corrected chi connectivity index (χ4v) is 2.55. The van der Waals surface area contributed by atoms with Crippen molar-refractivity contribution in [1.29, 1.82) is 0 Å². The Labute approximate surface area is 118 Å². The minimum Gasteiger partial charge on any atom is -0.371 e. The highest BCUT2D eigenvalue weighted by molar-refractivity contribution is 5.88. The van der Waals surface area contributed by atoms with Gasteiger partial charge in [0, 0.05) is 56.3 Å². The molecule has 0 atom stereocenters. The Kier molecular flexibility index (Phi) is 3.92. The summed E-state index contributed by atoms with van der Waals surface area (Å²) < 4.78 is 0. The lowest BCUT2D eigenvalue weighted by atomic mass is 10.1. The minimum absolute atomic E-state index is 0.0697. The van der Waals surface area contributed by atoms with Crippen LogP contribution in [0.5, 0.6) is 0 Å². The minimum atomic E-state index is 0.0697. The van der Waals surface area contributed by atoms with E-state index in [-0.39, 0.29) is 5.91 Å². The first-order chi connectivity index (χ1) is 9.83. The highest BCUT2D eigenvalue weighted by Gasteiger charge is 2.20. The summed E-state index contributed by atoms with van der Waals surface area (Å²) in [5.41, 5.74) is 2.34. The summed E-state index contributed by atoms with van der Waals surface area (Å²) in [5, 5.41) is 9.20. The molecule has 0 unspecified atom stereocenters. The summed E-state index contributed by atoms with van der Waals surface area (Å²) in [6.45, 7) is 3.80. The van der Waals surface area contributed by atoms with Crippen LogP contribution in [0.15, 0.2) is 29.6 Å². The molecule has 6 heteroatoms. The fraction of sp³-hybridized carbons (Fsp3) is 0.500. The van der Waals surface area contributed by atoms with Crippen molar-refractivity contribution in [2.45, 2.75) is 12.8 Å². The lowest BCUT2D eigenvalue weighted by Gasteiger charge is -2.31. The molecule has 6 nitrogen and oxygen atoms in total. The fourth-order valence-electron chi connectivity index (χ4n) is 2.55. The average Bonchev–Trinajstić information content (AvgIpc) is 2.51. The third-order valence-corrected chi connectivity index (χ3v) is 3.70. The molecule has 0 spiro atoms. The molecule has 2 aliphatic rings. The summed E-state index contributed by atoms with van der Waals surface area (Å²) >= 11 is 0. The van der Waals surface area contributed by atoms with Gasteiger partial charge in [-0.2, -0.15) is 5.10 Å². The van der Waals surface area contributed by atoms with E-state index in [2.05, 4.69) is 20.3 Å². The van der Waals surface area contributed by atoms with E-state index in [1.807, 2.05) is 24.5 Å². The Morgan fingerprint density at radius 3 is 2.60 bits per heavy atom. The van der Waals surface area contributed by atoms with Gasteiger partial charge in [-0.15, -0.1) is 0 Å². The summed E-state index contributed by atoms with van der Waals surface area (Å²) in [4.78, 5) is 18.1. The second-order valence-corrected chi connectivity index (χ2v) is 5.05. The van der Waals surface area contributed by atoms with Gasteiger partial charge in [-0.1, -0.05) is 0 Å². The molecule has 106 valence electrons. The predicted molar refractivity (Wildman–Crippen MR) is 77.7 cm³/mol. The van der Waals surface area contributed by atoms with Crippen LogP contribution in [0.4, 0.5) is 5.69 Å². The van der Waals surface area contributed by atoms with Crippen LogP contribution >= 0.6 is 0 Å². The maximum Gasteiger partial charge on any atom is 0.256 e. The standard InChI is InChI=1S/C14H19N5O/c20-14-11-16-7-10-19(14)17-12-3-8-18(9-4-12)13-1-5-15-6-2-13/h1-2,5-6,16H,3-4,7-11H2. The Bertz CT molecular complexity index is 492. The molecule has 3 rings (SSSR count). The number of rotatable bonds is 2. The Morgan fingerprint density at radius 2 is 1.90 bits per heavy atom. The molecule has 0 radical (unpaired) electrons. The van der Waals surface area contributed by atoms with Crippen LogP contribution in [-0.4, -0.2) is 54.3 Å². The number of hydrogen-bond donors (Lipinski definition) is 1. The molecule has 2 aliphatic heterocycles. The molecule has 1 N–H and O–H groups in total. The number of anilines is 1. The molecule has 2 fully saturated rings. The molecule has 2 saturated heterocycles. The van der Waals surface area contributed by atoms with Gasteiger partial charge in [0.25, 0.3) is 5.91 Å². The zero-order valence-electron chi connectivity index (χ0n) is 11.5. The second kappa shape index (κ2) is 6.00. The zero-order valence-corrected chi connectivity index (χ0v) is 11.5. The maximum absolute atomic E-state index is 11.7. The Morgan fingerprint density at radius 1 is 1.15 bits per heavy atom. The number of amides is 1. The van der Waals surface area contributed by atoms with Gasteiger partial charge >= 0.3 is 0 Å². The lowest BCUT2D eigenvalue weighted by molar-refractivity contribution is -0.131. The van der Waals surface area contributed by atoms with Crippen LogP contribution in [0, 0.1) is 0 Å². The Balaban J connectivity index is 1.59. The van der Waals surface area contributed by atoms with Gasteiger partial charge in [0.2, 0.25) is 0 Å². The SMILES string of the molecule is O=C1CNCCN1N=C1CCN(c2ccncc2)CC1. The van der Waals surface area contributed by atoms with Crippen molar-refractivity contribution in [2.75, 3.05) is 37.6 Å². The van der Waals surface area contributed by atoms with E-state index in [1.54, 1.807) is 5.01 Å². The largest absolute Gasteiger partial charge is 0.371 e. The molecule has 20 heavy (non-hydrogen) atoms. The van der Waals surface area contributed by atoms with Crippen LogP contribution in [0.3, 0.4) is 0 Å². The number of pyridine rings is 1. The van der Waals surface area contributed by atoms with Crippen LogP contribution in [0.25, 0.3) is 0 Å². The molecule has 1 aromatic heterocycles. The number of hydrogen-bond acceptors (Lipinski definition) is 5. The van der Waals surface area contributed by atoms with Crippen molar-refractivity contribution < 1.29 is 4.79 Å². The maximum atomic E-state index is 11.7. The molecule has 1 aromatic rings. The normalized spacial score (nSPS) is 20.2. The van der Waals surface area contributed by atoms with Gasteiger partial charge in [0.15, 0.2) is 0 Å². The predicted octanol–water partition coefficient (Wildman–Crippen LogP) is 0.470. The van der Waals surface area contributed by atoms with E-state index in [0.717, 1.165) is 38.2 Å². The average molecular weight is 273 g/mol. The van der Waals surface area contributed by atoms with Gasteiger partial charge in [-0.25, -0.2) is 5.01 Å². The smallest absolute Gasteiger partial charge is 0.256 e. The summed E-state index contributed by atoms with van der Waals surface area (Å²) in [6, 6.07) is 4.06. The number of carbonyl (C=O) groups excluding carboxylic acids is 1. The van der Waals surface area contributed by atoms with Gasteiger partial charge < -0.3 is 10.2 Å². The van der Waals surface area contributed by atoms with Crippen LogP contribution in [0.1, 0.15) is 12.8 Å². The first kappa shape index (κ1) is 13.1. The molecule has 0 bridgehead atoms. The van der Waals surface area contributed by atoms with E-state index in [1.165, 1.54) is 5.69 Å². The van der Waals surface area contributed by atoms with Crippen LogP contribution < -0.4 is 10.2 Å². The molecule has 3 heterocycles. The third kappa shape index (κ3) is 2.96. The van der Waals surface area contributed by atoms with Crippen LogP contribution in [0.2, 0.25) is 0 Å². The van der Waals surface area contributed by atoms with Crippen molar-refractivity contribution >= 4 is 17.3 Å². The number of piperazine rings is 1. The van der Waals surface area contributed by atoms with Crippen LogP contribution in [-0.2, 0) is 4.79 Å². The first-order valence-corrected chi connectivity index (χ1v) is 7.05. The zero-order chi connectivity index (χ0) is 13.8. The first-order valence-electron chi connectivity index (χ1n) is 7.05. The highest BCUT2D eigenvalue weighted by atomic mass is 16.2. The molecule has 0 aromatic carbocycles. The van der Waals surface area contributed by atoms with E-state index in [9.17, 15) is 4.79 Å². The second-order valence-electron chi connectivity index (χ2n) is 5.05. The molecular weight excluding hydrogens is 254 g/mol. The number of carbonyl (C=O) groups is 1. The number of nitrogens with one attached hydrogen (secondary N) is 1. The Hall–Kier alpha value is -1.95.